The van der Waals surface area contributed by atoms with Crippen molar-refractivity contribution in [2.24, 2.45) is 0 Å². The van der Waals surface area contributed by atoms with Crippen molar-refractivity contribution in [1.82, 2.24) is 10.2 Å². The molecule has 0 aliphatic carbocycles. The number of halogens is 1. The molecular formula is C21H19ClN2O5. The van der Waals surface area contributed by atoms with Gasteiger partial charge in [0, 0.05) is 5.02 Å². The zero-order valence-corrected chi connectivity index (χ0v) is 16.6. The third kappa shape index (κ3) is 4.14. The van der Waals surface area contributed by atoms with E-state index in [4.69, 9.17) is 16.3 Å². The fourth-order valence-corrected chi connectivity index (χ4v) is 3.41. The predicted molar refractivity (Wildman–Crippen MR) is 105 cm³/mol. The molecule has 7 nitrogen and oxygen atoms in total. The Hall–Kier alpha value is -3.19. The lowest BCUT2D eigenvalue weighted by Crippen LogP contribution is -2.44. The minimum absolute atomic E-state index is 0.239. The highest BCUT2D eigenvalue weighted by molar-refractivity contribution is 6.31. The van der Waals surface area contributed by atoms with Gasteiger partial charge in [-0.25, -0.2) is 4.79 Å². The zero-order valence-electron chi connectivity index (χ0n) is 15.8. The van der Waals surface area contributed by atoms with Gasteiger partial charge in [-0.05, 0) is 37.6 Å². The lowest BCUT2D eigenvalue weighted by atomic mass is 10.1. The highest BCUT2D eigenvalue weighted by Gasteiger charge is 2.41. The van der Waals surface area contributed by atoms with E-state index in [2.05, 4.69) is 5.32 Å². The van der Waals surface area contributed by atoms with Crippen LogP contribution in [0.3, 0.4) is 0 Å². The second kappa shape index (κ2) is 8.45. The highest BCUT2D eigenvalue weighted by Crippen LogP contribution is 2.25. The van der Waals surface area contributed by atoms with E-state index in [0.29, 0.717) is 5.02 Å². The Morgan fingerprint density at radius 3 is 2.14 bits per heavy atom. The molecule has 8 heteroatoms. The Morgan fingerprint density at radius 1 is 1.00 bits per heavy atom. The summed E-state index contributed by atoms with van der Waals surface area (Å²) in [4.78, 5) is 50.1. The summed E-state index contributed by atoms with van der Waals surface area (Å²) >= 11 is 6.10. The lowest BCUT2D eigenvalue weighted by molar-refractivity contribution is -0.152. The van der Waals surface area contributed by atoms with Crippen LogP contribution in [-0.2, 0) is 14.3 Å². The topological polar surface area (TPSA) is 92.8 Å². The number of imide groups is 1. The van der Waals surface area contributed by atoms with Gasteiger partial charge in [-0.2, -0.15) is 0 Å². The minimum atomic E-state index is -1.16. The number of hydrogen-bond acceptors (Lipinski definition) is 5. The maximum Gasteiger partial charge on any atom is 0.329 e. The predicted octanol–water partition coefficient (Wildman–Crippen LogP) is 2.75. The molecule has 1 heterocycles. The van der Waals surface area contributed by atoms with Gasteiger partial charge < -0.3 is 10.1 Å². The number of rotatable bonds is 6. The van der Waals surface area contributed by atoms with E-state index in [9.17, 15) is 19.2 Å². The van der Waals surface area contributed by atoms with Gasteiger partial charge in [0.25, 0.3) is 17.7 Å². The van der Waals surface area contributed by atoms with Crippen molar-refractivity contribution < 1.29 is 23.9 Å². The van der Waals surface area contributed by atoms with Crippen LogP contribution in [0.25, 0.3) is 0 Å². The third-order valence-electron chi connectivity index (χ3n) is 4.65. The second-order valence-corrected chi connectivity index (χ2v) is 7.03. The van der Waals surface area contributed by atoms with Crippen molar-refractivity contribution >= 4 is 35.3 Å². The number of hydrogen-bond donors (Lipinski definition) is 1. The standard InChI is InChI=1S/C21H19ClN2O5/c1-12(14-7-5-6-10-17(14)22)23-18(25)11-29-21(28)13(2)24-19(26)15-8-3-4-9-16(15)20(24)27/h3-10,12-13H,11H2,1-2H3,(H,23,25)/t12-,13-/m0/s1. The third-order valence-corrected chi connectivity index (χ3v) is 4.99. The van der Waals surface area contributed by atoms with E-state index >= 15 is 0 Å². The number of nitrogens with zero attached hydrogens (tertiary/aromatic N) is 1. The molecule has 1 aliphatic heterocycles. The summed E-state index contributed by atoms with van der Waals surface area (Å²) in [7, 11) is 0. The Morgan fingerprint density at radius 2 is 1.55 bits per heavy atom. The molecule has 1 N–H and O–H groups in total. The van der Waals surface area contributed by atoms with E-state index < -0.39 is 36.3 Å². The Balaban J connectivity index is 1.57. The maximum atomic E-state index is 12.4. The monoisotopic (exact) mass is 414 g/mol. The fraction of sp³-hybridized carbons (Fsp3) is 0.238. The van der Waals surface area contributed by atoms with Crippen molar-refractivity contribution in [2.75, 3.05) is 6.61 Å². The number of esters is 1. The summed E-state index contributed by atoms with van der Waals surface area (Å²) in [5.41, 5.74) is 1.21. The van der Waals surface area contributed by atoms with Crippen LogP contribution in [0, 0.1) is 0 Å². The molecule has 3 rings (SSSR count). The molecule has 0 fully saturated rings. The first-order valence-corrected chi connectivity index (χ1v) is 9.36. The normalized spacial score (nSPS) is 14.9. The molecule has 29 heavy (non-hydrogen) atoms. The molecule has 2 aromatic carbocycles. The van der Waals surface area contributed by atoms with E-state index in [1.807, 2.05) is 0 Å². The Labute approximate surface area is 172 Å². The molecule has 2 atom stereocenters. The summed E-state index contributed by atoms with van der Waals surface area (Å²) in [6.45, 7) is 2.60. The van der Waals surface area contributed by atoms with Crippen molar-refractivity contribution in [3.8, 4) is 0 Å². The average molecular weight is 415 g/mol. The molecule has 0 unspecified atom stereocenters. The molecule has 0 bridgehead atoms. The number of nitrogens with one attached hydrogen (secondary N) is 1. The fourth-order valence-electron chi connectivity index (χ4n) is 3.11. The Bertz CT molecular complexity index is 956. The number of carbonyl (C=O) groups is 4. The van der Waals surface area contributed by atoms with Gasteiger partial charge in [-0.3, -0.25) is 19.3 Å². The number of benzene rings is 2. The quantitative estimate of drug-likeness (QED) is 0.579. The molecule has 1 aliphatic rings. The summed E-state index contributed by atoms with van der Waals surface area (Å²) < 4.78 is 5.01. The summed E-state index contributed by atoms with van der Waals surface area (Å²) in [5, 5.41) is 3.20. The molecule has 0 saturated heterocycles. The molecule has 0 aromatic heterocycles. The number of ether oxygens (including phenoxy) is 1. The minimum Gasteiger partial charge on any atom is -0.454 e. The van der Waals surface area contributed by atoms with Crippen LogP contribution in [0.5, 0.6) is 0 Å². The van der Waals surface area contributed by atoms with Crippen LogP contribution >= 0.6 is 11.6 Å². The molecule has 0 saturated carbocycles. The first-order valence-electron chi connectivity index (χ1n) is 8.98. The number of fused-ring (bicyclic) bond motifs is 1. The number of carbonyl (C=O) groups excluding carboxylic acids is 4. The van der Waals surface area contributed by atoms with Gasteiger partial charge in [0.1, 0.15) is 6.04 Å². The van der Waals surface area contributed by atoms with Crippen molar-refractivity contribution in [1.29, 1.82) is 0 Å². The van der Waals surface area contributed by atoms with E-state index in [-0.39, 0.29) is 17.2 Å². The SMILES string of the molecule is C[C@H](NC(=O)COC(=O)[C@H](C)N1C(=O)c2ccccc2C1=O)c1ccccc1Cl. The summed E-state index contributed by atoms with van der Waals surface area (Å²) in [6, 6.07) is 11.9. The number of amides is 3. The van der Waals surface area contributed by atoms with Gasteiger partial charge in [0.2, 0.25) is 0 Å². The van der Waals surface area contributed by atoms with Crippen molar-refractivity contribution in [3.63, 3.8) is 0 Å². The highest BCUT2D eigenvalue weighted by atomic mass is 35.5. The summed E-state index contributed by atoms with van der Waals surface area (Å²) in [5.74, 6) is -2.50. The molecular weight excluding hydrogens is 396 g/mol. The van der Waals surface area contributed by atoms with Crippen LogP contribution in [0.1, 0.15) is 46.2 Å². The average Bonchev–Trinajstić information content (AvgIpc) is 2.96. The van der Waals surface area contributed by atoms with Crippen LogP contribution in [0.15, 0.2) is 48.5 Å². The van der Waals surface area contributed by atoms with Gasteiger partial charge in [0.05, 0.1) is 17.2 Å². The largest absolute Gasteiger partial charge is 0.454 e. The molecule has 0 radical (unpaired) electrons. The van der Waals surface area contributed by atoms with E-state index in [0.717, 1.165) is 10.5 Å². The van der Waals surface area contributed by atoms with E-state index in [1.165, 1.54) is 19.1 Å². The lowest BCUT2D eigenvalue weighted by Gasteiger charge is -2.21. The van der Waals surface area contributed by atoms with Crippen LogP contribution in [0.4, 0.5) is 0 Å². The molecule has 2 aromatic rings. The van der Waals surface area contributed by atoms with Crippen molar-refractivity contribution in [2.45, 2.75) is 25.9 Å². The first kappa shape index (κ1) is 20.5. The van der Waals surface area contributed by atoms with Crippen molar-refractivity contribution in [3.05, 3.63) is 70.2 Å². The second-order valence-electron chi connectivity index (χ2n) is 6.62. The molecule has 3 amide bonds. The summed E-state index contributed by atoms with van der Waals surface area (Å²) in [6.07, 6.45) is 0. The first-order chi connectivity index (χ1) is 13.8. The molecule has 150 valence electrons. The van der Waals surface area contributed by atoms with Gasteiger partial charge in [0.15, 0.2) is 6.61 Å². The van der Waals surface area contributed by atoms with Crippen LogP contribution in [-0.4, -0.2) is 41.2 Å². The van der Waals surface area contributed by atoms with Crippen LogP contribution in [0.2, 0.25) is 5.02 Å². The van der Waals surface area contributed by atoms with Gasteiger partial charge in [-0.1, -0.05) is 41.9 Å². The van der Waals surface area contributed by atoms with E-state index in [1.54, 1.807) is 43.3 Å². The smallest absolute Gasteiger partial charge is 0.329 e. The van der Waals surface area contributed by atoms with Gasteiger partial charge >= 0.3 is 5.97 Å². The maximum absolute atomic E-state index is 12.4. The Kier molecular flexibility index (Phi) is 5.98. The van der Waals surface area contributed by atoms with Gasteiger partial charge in [-0.15, -0.1) is 0 Å². The zero-order chi connectivity index (χ0) is 21.1. The molecule has 0 spiro atoms. The van der Waals surface area contributed by atoms with Crippen LogP contribution < -0.4 is 5.32 Å².